The molecule has 16 nitrogen and oxygen atoms in total. The zero-order valence-corrected chi connectivity index (χ0v) is 35.6. The Hall–Kier alpha value is -8.25. The Morgan fingerprint density at radius 1 is 0.672 bits per heavy atom. The van der Waals surface area contributed by atoms with Gasteiger partial charge in [0.15, 0.2) is 0 Å². The molecule has 0 spiro atoms. The molecule has 16 heteroatoms. The summed E-state index contributed by atoms with van der Waals surface area (Å²) in [6, 6.07) is 41.8. The summed E-state index contributed by atoms with van der Waals surface area (Å²) < 4.78 is 15.7. The van der Waals surface area contributed by atoms with E-state index >= 15 is 0 Å². The Balaban J connectivity index is 0.000000159. The van der Waals surface area contributed by atoms with Gasteiger partial charge in [0.05, 0.1) is 33.1 Å². The van der Waals surface area contributed by atoms with Gasteiger partial charge in [0.1, 0.15) is 17.2 Å². The van der Waals surface area contributed by atoms with Gasteiger partial charge in [-0.15, -0.1) is 0 Å². The number of hydrogen-bond acceptors (Lipinski definition) is 9. The van der Waals surface area contributed by atoms with Crippen molar-refractivity contribution in [2.24, 2.45) is 20.3 Å². The summed E-state index contributed by atoms with van der Waals surface area (Å²) in [5, 5.41) is 17.0. The number of benzene rings is 6. The van der Waals surface area contributed by atoms with Crippen LogP contribution < -0.4 is 24.8 Å². The van der Waals surface area contributed by atoms with Crippen molar-refractivity contribution in [3.63, 3.8) is 0 Å². The highest BCUT2D eigenvalue weighted by Crippen LogP contribution is 2.32. The van der Waals surface area contributed by atoms with Gasteiger partial charge in [-0.3, -0.25) is 9.79 Å². The number of carbonyl (C=O) groups is 1. The molecule has 64 heavy (non-hydrogen) atoms. The van der Waals surface area contributed by atoms with Gasteiger partial charge in [-0.2, -0.15) is 0 Å². The molecule has 0 radical (unpaired) electrons. The SMILES string of the molecule is COc1ccc(CCNC(=O)c2ccc(N=[N+]=[N-])cc2)cc1.COc1ccc2c(c1)C(c1ccc(N=[N+]=[N-])cc1)=NCC2.COc1ccc2c(c1)C(c1ccc(N=[N+]=[N-])cc1)NCC2. The molecule has 1 amide bonds. The first-order valence-corrected chi connectivity index (χ1v) is 20.3. The molecule has 2 N–H and O–H groups in total. The fourth-order valence-corrected chi connectivity index (χ4v) is 7.16. The second-order valence-corrected chi connectivity index (χ2v) is 14.3. The molecule has 0 saturated heterocycles. The Morgan fingerprint density at radius 3 is 1.81 bits per heavy atom. The molecular weight excluding hydrogens is 809 g/mol. The molecule has 2 heterocycles. The third-order valence-electron chi connectivity index (χ3n) is 10.5. The summed E-state index contributed by atoms with van der Waals surface area (Å²) in [6.07, 6.45) is 2.71. The number of methoxy groups -OCH3 is 3. The van der Waals surface area contributed by atoms with Crippen molar-refractivity contribution in [1.82, 2.24) is 10.6 Å². The maximum absolute atomic E-state index is 12.0. The molecule has 1 atom stereocenters. The summed E-state index contributed by atoms with van der Waals surface area (Å²) in [5.74, 6) is 2.36. The molecule has 2 aliphatic heterocycles. The van der Waals surface area contributed by atoms with Crippen molar-refractivity contribution < 1.29 is 19.0 Å². The summed E-state index contributed by atoms with van der Waals surface area (Å²) in [5.41, 5.74) is 36.7. The van der Waals surface area contributed by atoms with Gasteiger partial charge in [-0.25, -0.2) is 0 Å². The lowest BCUT2D eigenvalue weighted by Gasteiger charge is -2.28. The van der Waals surface area contributed by atoms with E-state index in [0.717, 1.165) is 77.6 Å². The van der Waals surface area contributed by atoms with E-state index in [2.05, 4.69) is 63.9 Å². The number of hydrogen-bond donors (Lipinski definition) is 2. The molecule has 0 bridgehead atoms. The first kappa shape index (κ1) is 45.3. The van der Waals surface area contributed by atoms with E-state index in [4.69, 9.17) is 30.8 Å². The number of nitrogens with one attached hydrogen (secondary N) is 2. The second-order valence-electron chi connectivity index (χ2n) is 14.3. The maximum Gasteiger partial charge on any atom is 0.251 e. The van der Waals surface area contributed by atoms with Crippen molar-refractivity contribution in [2.45, 2.75) is 25.3 Å². The molecule has 0 aliphatic carbocycles. The van der Waals surface area contributed by atoms with E-state index in [0.29, 0.717) is 29.2 Å². The van der Waals surface area contributed by atoms with E-state index in [1.807, 2.05) is 78.9 Å². The Bertz CT molecular complexity index is 2710. The van der Waals surface area contributed by atoms with Crippen LogP contribution >= 0.6 is 0 Å². The number of nitrogens with zero attached hydrogens (tertiary/aromatic N) is 10. The lowest BCUT2D eigenvalue weighted by molar-refractivity contribution is 0.0954. The van der Waals surface area contributed by atoms with E-state index in [-0.39, 0.29) is 11.9 Å². The fraction of sp³-hybridized carbons (Fsp3) is 0.208. The van der Waals surface area contributed by atoms with Gasteiger partial charge in [0.2, 0.25) is 0 Å². The monoisotopic (exact) mass is 854 g/mol. The number of ether oxygens (including phenoxy) is 3. The van der Waals surface area contributed by atoms with E-state index < -0.39 is 0 Å². The average Bonchev–Trinajstić information content (AvgIpc) is 3.35. The Kier molecular flexibility index (Phi) is 16.3. The molecule has 2 aliphatic rings. The third-order valence-corrected chi connectivity index (χ3v) is 10.5. The van der Waals surface area contributed by atoms with Crippen LogP contribution in [0.15, 0.2) is 154 Å². The number of azide groups is 3. The first-order valence-electron chi connectivity index (χ1n) is 20.3. The standard InChI is InChI=1S/C16H16N4O2.C16H16N4O.C16H14N4O/c1-22-15-8-2-12(3-9-15)10-11-18-16(21)13-4-6-14(7-5-13)19-20-17;2*1-21-14-7-4-11-8-9-18-16(15(11)10-14)12-2-5-13(6-3-12)19-20-17/h2-9H,10-11H2,1H3,(H,18,21);2-7,10,16,18H,8-9H2,1H3;2-7,10H,8-9H2,1H3. The van der Waals surface area contributed by atoms with Crippen LogP contribution in [0.25, 0.3) is 31.3 Å². The quantitative estimate of drug-likeness (QED) is 0.0693. The normalized spacial score (nSPS) is 13.0. The predicted octanol–water partition coefficient (Wildman–Crippen LogP) is 11.5. The van der Waals surface area contributed by atoms with E-state index in [1.165, 1.54) is 16.7 Å². The second kappa shape index (κ2) is 23.1. The lowest BCUT2D eigenvalue weighted by Crippen LogP contribution is -2.30. The van der Waals surface area contributed by atoms with Crippen molar-refractivity contribution in [2.75, 3.05) is 41.0 Å². The zero-order chi connectivity index (χ0) is 45.1. The topological polar surface area (TPSA) is 227 Å². The minimum absolute atomic E-state index is 0.143. The molecule has 1 unspecified atom stereocenters. The van der Waals surface area contributed by atoms with Crippen LogP contribution in [0.2, 0.25) is 0 Å². The highest BCUT2D eigenvalue weighted by molar-refractivity contribution is 6.14. The Morgan fingerprint density at radius 2 is 1.22 bits per heavy atom. The average molecular weight is 855 g/mol. The van der Waals surface area contributed by atoms with Crippen LogP contribution in [-0.4, -0.2) is 52.6 Å². The van der Waals surface area contributed by atoms with Crippen molar-refractivity contribution in [1.29, 1.82) is 0 Å². The highest BCUT2D eigenvalue weighted by atomic mass is 16.5. The van der Waals surface area contributed by atoms with Gasteiger partial charge >= 0.3 is 0 Å². The minimum atomic E-state index is -0.152. The molecule has 322 valence electrons. The van der Waals surface area contributed by atoms with Crippen LogP contribution in [0.3, 0.4) is 0 Å². The fourth-order valence-electron chi connectivity index (χ4n) is 7.16. The lowest BCUT2D eigenvalue weighted by atomic mass is 9.89. The van der Waals surface area contributed by atoms with Gasteiger partial charge in [0.25, 0.3) is 5.91 Å². The van der Waals surface area contributed by atoms with Crippen LogP contribution in [0, 0.1) is 0 Å². The first-order chi connectivity index (χ1) is 31.4. The largest absolute Gasteiger partial charge is 0.497 e. The summed E-state index contributed by atoms with van der Waals surface area (Å²) >= 11 is 0. The summed E-state index contributed by atoms with van der Waals surface area (Å²) in [4.78, 5) is 24.9. The number of aliphatic imine (C=N–C) groups is 1. The number of amides is 1. The number of fused-ring (bicyclic) bond motifs is 2. The molecule has 0 aromatic heterocycles. The van der Waals surface area contributed by atoms with Gasteiger partial charge in [-0.1, -0.05) is 100 Å². The van der Waals surface area contributed by atoms with Crippen LogP contribution in [-0.2, 0) is 19.3 Å². The van der Waals surface area contributed by atoms with Gasteiger partial charge < -0.3 is 24.8 Å². The van der Waals surface area contributed by atoms with Crippen LogP contribution in [0.1, 0.15) is 55.3 Å². The van der Waals surface area contributed by atoms with Crippen molar-refractivity contribution >= 4 is 28.7 Å². The molecule has 6 aromatic rings. The molecule has 0 fully saturated rings. The Labute approximate surface area is 370 Å². The van der Waals surface area contributed by atoms with E-state index in [9.17, 15) is 4.79 Å². The summed E-state index contributed by atoms with van der Waals surface area (Å²) in [6.45, 7) is 2.28. The van der Waals surface area contributed by atoms with Crippen LogP contribution in [0.5, 0.6) is 17.2 Å². The van der Waals surface area contributed by atoms with Crippen molar-refractivity contribution in [3.8, 4) is 17.2 Å². The smallest absolute Gasteiger partial charge is 0.251 e. The number of rotatable bonds is 12. The molecule has 6 aromatic carbocycles. The molecular formula is C48H46N12O4. The van der Waals surface area contributed by atoms with E-state index in [1.54, 1.807) is 57.7 Å². The highest BCUT2D eigenvalue weighted by Gasteiger charge is 2.22. The maximum atomic E-state index is 12.0. The van der Waals surface area contributed by atoms with Gasteiger partial charge in [-0.05, 0) is 112 Å². The predicted molar refractivity (Wildman–Crippen MR) is 249 cm³/mol. The van der Waals surface area contributed by atoms with Crippen molar-refractivity contribution in [3.05, 3.63) is 209 Å². The van der Waals surface area contributed by atoms with Crippen LogP contribution in [0.4, 0.5) is 17.1 Å². The molecule has 0 saturated carbocycles. The zero-order valence-electron chi connectivity index (χ0n) is 35.6. The molecule has 8 rings (SSSR count). The van der Waals surface area contributed by atoms with Gasteiger partial charge in [0, 0.05) is 68.1 Å². The third kappa shape index (κ3) is 12.2. The number of carbonyl (C=O) groups excluding carboxylic acids is 1. The minimum Gasteiger partial charge on any atom is -0.497 e. The summed E-state index contributed by atoms with van der Waals surface area (Å²) in [7, 11) is 4.97.